The lowest BCUT2D eigenvalue weighted by Gasteiger charge is -2.15. The zero-order chi connectivity index (χ0) is 21.1. The van der Waals surface area contributed by atoms with Crippen LogP contribution in [-0.2, 0) is 4.79 Å². The van der Waals surface area contributed by atoms with Crippen molar-refractivity contribution in [1.29, 1.82) is 0 Å². The molecule has 0 saturated carbocycles. The Balaban J connectivity index is 1.70. The van der Waals surface area contributed by atoms with Crippen molar-refractivity contribution in [2.75, 3.05) is 0 Å². The van der Waals surface area contributed by atoms with E-state index in [1.807, 2.05) is 55.6 Å². The Labute approximate surface area is 180 Å². The summed E-state index contributed by atoms with van der Waals surface area (Å²) in [6.07, 6.45) is 1.87. The summed E-state index contributed by atoms with van der Waals surface area (Å²) in [6.45, 7) is 2.02. The molecule has 0 bridgehead atoms. The highest BCUT2D eigenvalue weighted by atomic mass is 35.5. The summed E-state index contributed by atoms with van der Waals surface area (Å²) in [5.74, 6) is -0.575. The van der Waals surface area contributed by atoms with Gasteiger partial charge in [-0.25, -0.2) is 0 Å². The monoisotopic (exact) mass is 418 g/mol. The fourth-order valence-electron chi connectivity index (χ4n) is 3.47. The second-order valence-corrected chi connectivity index (χ2v) is 7.67. The predicted molar refractivity (Wildman–Crippen MR) is 117 cm³/mol. The molecule has 2 amide bonds. The van der Waals surface area contributed by atoms with Crippen molar-refractivity contribution in [3.8, 4) is 0 Å². The van der Waals surface area contributed by atoms with Crippen molar-refractivity contribution in [3.05, 3.63) is 106 Å². The van der Waals surface area contributed by atoms with E-state index in [1.165, 1.54) is 0 Å². The highest BCUT2D eigenvalue weighted by Gasteiger charge is 2.47. The first-order valence-corrected chi connectivity index (χ1v) is 10.0. The predicted octanol–water partition coefficient (Wildman–Crippen LogP) is 3.66. The Morgan fingerprint density at radius 2 is 1.67 bits per heavy atom. The number of nitrogens with zero attached hydrogens (tertiary/aromatic N) is 1. The van der Waals surface area contributed by atoms with Crippen LogP contribution in [0.5, 0.6) is 0 Å². The minimum Gasteiger partial charge on any atom is -0.334 e. The second kappa shape index (κ2) is 8.51. The Bertz CT molecular complexity index is 1090. The van der Waals surface area contributed by atoms with Gasteiger partial charge in [0.25, 0.3) is 5.91 Å². The molecule has 0 radical (unpaired) electrons. The molecule has 1 aliphatic rings. The number of nitrogens with one attached hydrogen (secondary N) is 2. The van der Waals surface area contributed by atoms with E-state index in [1.54, 1.807) is 41.1 Å². The molecule has 1 aliphatic heterocycles. The Morgan fingerprint density at radius 3 is 2.33 bits per heavy atom. The molecule has 30 heavy (non-hydrogen) atoms. The third-order valence-electron chi connectivity index (χ3n) is 5.04. The van der Waals surface area contributed by atoms with E-state index in [4.69, 9.17) is 11.6 Å². The maximum atomic E-state index is 12.8. The summed E-state index contributed by atoms with van der Waals surface area (Å²) in [5.41, 5.74) is 6.33. The number of carbonyl (C=O) groups excluding carboxylic acids is 2. The van der Waals surface area contributed by atoms with E-state index in [2.05, 4.69) is 10.7 Å². The molecule has 3 aromatic rings. The average molecular weight is 419 g/mol. The van der Waals surface area contributed by atoms with Gasteiger partial charge in [-0.05, 0) is 43.3 Å². The molecule has 6 heteroatoms. The van der Waals surface area contributed by atoms with Gasteiger partial charge in [-0.2, -0.15) is 0 Å². The van der Waals surface area contributed by atoms with Crippen molar-refractivity contribution in [3.63, 3.8) is 0 Å². The van der Waals surface area contributed by atoms with Crippen molar-refractivity contribution in [2.24, 2.45) is 0 Å². The van der Waals surface area contributed by atoms with Gasteiger partial charge in [0.2, 0.25) is 12.3 Å². The quantitative estimate of drug-likeness (QED) is 0.635. The fraction of sp³-hybridized carbons (Fsp3) is 0.125. The van der Waals surface area contributed by atoms with Crippen LogP contribution < -0.4 is 10.7 Å². The molecular formula is C24H21ClN3O2+. The van der Waals surface area contributed by atoms with Crippen LogP contribution in [0.15, 0.2) is 78.9 Å². The molecule has 1 heterocycles. The maximum Gasteiger partial charge on any atom is 0.304 e. The number of hydrazine groups is 1. The molecule has 0 spiro atoms. The van der Waals surface area contributed by atoms with Crippen LogP contribution in [0.25, 0.3) is 0 Å². The molecule has 3 aromatic carbocycles. The normalized spacial score (nSPS) is 19.5. The lowest BCUT2D eigenvalue weighted by Crippen LogP contribution is -2.42. The van der Waals surface area contributed by atoms with Gasteiger partial charge < -0.3 is 5.32 Å². The van der Waals surface area contributed by atoms with Gasteiger partial charge in [0.15, 0.2) is 6.04 Å². The zero-order valence-electron chi connectivity index (χ0n) is 16.4. The number of carbonyl (C=O) groups is 2. The van der Waals surface area contributed by atoms with E-state index in [-0.39, 0.29) is 11.8 Å². The Hall–Kier alpha value is -3.44. The van der Waals surface area contributed by atoms with Gasteiger partial charge in [0.05, 0.1) is 0 Å². The number of benzene rings is 3. The Kier molecular flexibility index (Phi) is 5.63. The van der Waals surface area contributed by atoms with Gasteiger partial charge in [-0.3, -0.25) is 9.59 Å². The van der Waals surface area contributed by atoms with Gasteiger partial charge >= 0.3 is 5.91 Å². The highest BCUT2D eigenvalue weighted by Crippen LogP contribution is 2.26. The number of rotatable bonds is 4. The van der Waals surface area contributed by atoms with Crippen LogP contribution in [0.1, 0.15) is 33.1 Å². The number of halogens is 1. The van der Waals surface area contributed by atoms with E-state index in [9.17, 15) is 9.59 Å². The fourth-order valence-corrected chi connectivity index (χ4v) is 3.59. The topological polar surface area (TPSA) is 61.2 Å². The number of hydrazone groups is 1. The van der Waals surface area contributed by atoms with Crippen molar-refractivity contribution < 1.29 is 14.3 Å². The van der Waals surface area contributed by atoms with Gasteiger partial charge in [0, 0.05) is 21.7 Å². The van der Waals surface area contributed by atoms with Crippen LogP contribution in [-0.4, -0.2) is 28.8 Å². The first kappa shape index (κ1) is 19.9. The lowest BCUT2D eigenvalue weighted by atomic mass is 9.99. The lowest BCUT2D eigenvalue weighted by molar-refractivity contribution is -0.596. The van der Waals surface area contributed by atoms with Crippen molar-refractivity contribution in [1.82, 2.24) is 10.7 Å². The summed E-state index contributed by atoms with van der Waals surface area (Å²) in [4.78, 5) is 25.6. The van der Waals surface area contributed by atoms with Crippen molar-refractivity contribution >= 4 is 29.6 Å². The number of hydrogen-bond donors (Lipinski definition) is 2. The highest BCUT2D eigenvalue weighted by molar-refractivity contribution is 6.30. The molecule has 5 nitrogen and oxygen atoms in total. The zero-order valence-corrected chi connectivity index (χ0v) is 17.1. The van der Waals surface area contributed by atoms with Crippen molar-refractivity contribution in [2.45, 2.75) is 19.0 Å². The molecule has 0 aromatic heterocycles. The van der Waals surface area contributed by atoms with Gasteiger partial charge in [-0.1, -0.05) is 59.6 Å². The summed E-state index contributed by atoms with van der Waals surface area (Å²) in [5, 5.41) is 3.49. The third-order valence-corrected chi connectivity index (χ3v) is 5.29. The van der Waals surface area contributed by atoms with E-state index in [0.717, 1.165) is 16.7 Å². The van der Waals surface area contributed by atoms with Crippen LogP contribution in [0.4, 0.5) is 0 Å². The largest absolute Gasteiger partial charge is 0.334 e. The average Bonchev–Trinajstić information content (AvgIpc) is 3.05. The molecular weight excluding hydrogens is 398 g/mol. The first-order valence-electron chi connectivity index (χ1n) is 9.63. The number of amides is 2. The smallest absolute Gasteiger partial charge is 0.304 e. The van der Waals surface area contributed by atoms with Crippen LogP contribution in [0.2, 0.25) is 5.02 Å². The SMILES string of the molecule is Cc1ccc(/C=[N+]2\NC(=O)[C@@H](NC(=O)c3ccccc3)[C@H]2c2ccc(Cl)cc2)cc1. The summed E-state index contributed by atoms with van der Waals surface area (Å²) in [7, 11) is 0. The molecule has 2 N–H and O–H groups in total. The minimum atomic E-state index is -0.763. The molecule has 1 fully saturated rings. The summed E-state index contributed by atoms with van der Waals surface area (Å²) in [6, 6.07) is 22.9. The first-order chi connectivity index (χ1) is 14.5. The standard InChI is InChI=1S/C24H20ClN3O2/c1-16-7-9-17(10-8-16)15-28-22(18-11-13-20(25)14-12-18)21(24(30)27-28)26-23(29)19-5-3-2-4-6-19/h2-15,21-22H,1H3,(H-,26,27,29,30)/p+1/b28-15-/t21-,22+/m0/s1. The van der Waals surface area contributed by atoms with Gasteiger partial charge in [0.1, 0.15) is 0 Å². The number of aryl methyl sites for hydroxylation is 1. The summed E-state index contributed by atoms with van der Waals surface area (Å²) < 4.78 is 1.74. The van der Waals surface area contributed by atoms with Crippen LogP contribution in [0.3, 0.4) is 0 Å². The molecule has 0 aliphatic carbocycles. The van der Waals surface area contributed by atoms with Crippen LogP contribution >= 0.6 is 11.6 Å². The van der Waals surface area contributed by atoms with E-state index in [0.29, 0.717) is 10.6 Å². The van der Waals surface area contributed by atoms with Gasteiger partial charge in [-0.15, -0.1) is 10.1 Å². The third kappa shape index (κ3) is 4.26. The molecule has 150 valence electrons. The van der Waals surface area contributed by atoms with E-state index < -0.39 is 12.1 Å². The van der Waals surface area contributed by atoms with Crippen LogP contribution in [0, 0.1) is 6.92 Å². The minimum absolute atomic E-state index is 0.275. The second-order valence-electron chi connectivity index (χ2n) is 7.24. The molecule has 1 saturated heterocycles. The molecule has 0 unspecified atom stereocenters. The Morgan fingerprint density at radius 1 is 1.00 bits per heavy atom. The number of hydrogen-bond acceptors (Lipinski definition) is 2. The molecule has 4 rings (SSSR count). The summed E-state index contributed by atoms with van der Waals surface area (Å²) >= 11 is 6.06. The maximum absolute atomic E-state index is 12.8. The molecule has 2 atom stereocenters. The van der Waals surface area contributed by atoms with E-state index >= 15 is 0 Å².